The van der Waals surface area contributed by atoms with Crippen LogP contribution in [0.25, 0.3) is 0 Å². The van der Waals surface area contributed by atoms with E-state index in [1.54, 1.807) is 30.3 Å². The highest BCUT2D eigenvalue weighted by molar-refractivity contribution is 7.89. The average molecular weight is 436 g/mol. The third-order valence-corrected chi connectivity index (χ3v) is 6.02. The summed E-state index contributed by atoms with van der Waals surface area (Å²) in [5.74, 6) is -2.36. The van der Waals surface area contributed by atoms with Gasteiger partial charge in [0.15, 0.2) is 0 Å². The molecule has 2 aromatic rings. The number of carboxylic acids is 1. The standard InChI is InChI=1S/C19H20N2O8S/c1-2-29-18(22)13-20(17(19(23)24)12-14-6-4-3-5-7-14)30(27,28)16-10-8-15(9-11-16)21(25)26/h3-11,17H,2,12-13H2,1H3,(H,23,24)/t17-/m0/s1. The summed E-state index contributed by atoms with van der Waals surface area (Å²) in [6.45, 7) is 0.698. The van der Waals surface area contributed by atoms with Crippen LogP contribution in [0.5, 0.6) is 0 Å². The molecule has 2 aromatic carbocycles. The predicted molar refractivity (Wildman–Crippen MR) is 105 cm³/mol. The van der Waals surface area contributed by atoms with E-state index in [4.69, 9.17) is 4.74 Å². The minimum absolute atomic E-state index is 0.0132. The first kappa shape index (κ1) is 23.0. The predicted octanol–water partition coefficient (Wildman–Crippen LogP) is 1.84. The number of hydrogen-bond acceptors (Lipinski definition) is 7. The number of esters is 1. The molecule has 0 heterocycles. The second kappa shape index (κ2) is 9.94. The van der Waals surface area contributed by atoms with Crippen molar-refractivity contribution in [1.29, 1.82) is 0 Å². The zero-order valence-corrected chi connectivity index (χ0v) is 16.8. The molecule has 0 unspecified atom stereocenters. The largest absolute Gasteiger partial charge is 0.480 e. The van der Waals surface area contributed by atoms with Gasteiger partial charge in [0.25, 0.3) is 5.69 Å². The Kier molecular flexibility index (Phi) is 7.61. The Balaban J connectivity index is 2.49. The number of non-ortho nitro benzene ring substituents is 1. The number of nitro groups is 1. The Morgan fingerprint density at radius 3 is 2.23 bits per heavy atom. The Hall–Kier alpha value is -3.31. The third kappa shape index (κ3) is 5.61. The molecular weight excluding hydrogens is 416 g/mol. The number of aliphatic carboxylic acids is 1. The van der Waals surface area contributed by atoms with Crippen molar-refractivity contribution in [3.8, 4) is 0 Å². The highest BCUT2D eigenvalue weighted by Gasteiger charge is 2.38. The molecule has 0 radical (unpaired) electrons. The van der Waals surface area contributed by atoms with Crippen molar-refractivity contribution in [2.24, 2.45) is 0 Å². The molecule has 0 bridgehead atoms. The Morgan fingerprint density at radius 1 is 1.13 bits per heavy atom. The summed E-state index contributed by atoms with van der Waals surface area (Å²) >= 11 is 0. The number of nitro benzene ring substituents is 1. The molecule has 30 heavy (non-hydrogen) atoms. The van der Waals surface area contributed by atoms with Crippen molar-refractivity contribution in [1.82, 2.24) is 4.31 Å². The minimum atomic E-state index is -4.49. The normalized spacial score (nSPS) is 12.3. The number of hydrogen-bond donors (Lipinski definition) is 1. The molecule has 0 saturated heterocycles. The van der Waals surface area contributed by atoms with Crippen LogP contribution in [0, 0.1) is 10.1 Å². The minimum Gasteiger partial charge on any atom is -0.480 e. The summed E-state index contributed by atoms with van der Waals surface area (Å²) in [7, 11) is -4.49. The van der Waals surface area contributed by atoms with Crippen LogP contribution in [0.15, 0.2) is 59.5 Å². The van der Waals surface area contributed by atoms with Crippen molar-refractivity contribution in [3.05, 3.63) is 70.3 Å². The van der Waals surface area contributed by atoms with E-state index >= 15 is 0 Å². The molecule has 1 atom stereocenters. The van der Waals surface area contributed by atoms with Gasteiger partial charge in [-0.25, -0.2) is 8.42 Å². The second-order valence-electron chi connectivity index (χ2n) is 6.15. The number of carboxylic acid groups (broad SMARTS) is 1. The fourth-order valence-electron chi connectivity index (χ4n) is 2.72. The quantitative estimate of drug-likeness (QED) is 0.337. The van der Waals surface area contributed by atoms with Gasteiger partial charge < -0.3 is 9.84 Å². The molecule has 0 aliphatic carbocycles. The van der Waals surface area contributed by atoms with E-state index in [2.05, 4.69) is 0 Å². The highest BCUT2D eigenvalue weighted by Crippen LogP contribution is 2.23. The second-order valence-corrected chi connectivity index (χ2v) is 8.04. The lowest BCUT2D eigenvalue weighted by molar-refractivity contribution is -0.384. The maximum absolute atomic E-state index is 13.2. The maximum atomic E-state index is 13.2. The number of benzene rings is 2. The topological polar surface area (TPSA) is 144 Å². The molecule has 0 fully saturated rings. The van der Waals surface area contributed by atoms with Gasteiger partial charge in [0.05, 0.1) is 16.4 Å². The molecule has 1 N–H and O–H groups in total. The van der Waals surface area contributed by atoms with Crippen molar-refractivity contribution in [3.63, 3.8) is 0 Å². The average Bonchev–Trinajstić information content (AvgIpc) is 2.71. The van der Waals surface area contributed by atoms with Crippen LogP contribution in [-0.2, 0) is 30.8 Å². The molecule has 10 nitrogen and oxygen atoms in total. The summed E-state index contributed by atoms with van der Waals surface area (Å²) in [6.07, 6.45) is -0.193. The molecule has 0 amide bonds. The van der Waals surface area contributed by atoms with Crippen molar-refractivity contribution < 1.29 is 32.8 Å². The smallest absolute Gasteiger partial charge is 0.322 e. The van der Waals surface area contributed by atoms with Gasteiger partial charge in [0, 0.05) is 12.1 Å². The number of carbonyl (C=O) groups excluding carboxylic acids is 1. The number of rotatable bonds is 10. The zero-order valence-electron chi connectivity index (χ0n) is 16.0. The fraction of sp³-hybridized carbons (Fsp3) is 0.263. The van der Waals surface area contributed by atoms with Gasteiger partial charge in [-0.2, -0.15) is 4.31 Å². The number of sulfonamides is 1. The molecule has 0 spiro atoms. The van der Waals surface area contributed by atoms with Gasteiger partial charge in [0.2, 0.25) is 10.0 Å². The van der Waals surface area contributed by atoms with Crippen LogP contribution >= 0.6 is 0 Å². The SMILES string of the molecule is CCOC(=O)CN([C@@H](Cc1ccccc1)C(=O)O)S(=O)(=O)c1ccc([N+](=O)[O-])cc1. The summed E-state index contributed by atoms with van der Waals surface area (Å²) < 4.78 is 31.7. The number of ether oxygens (including phenoxy) is 1. The number of carbonyl (C=O) groups is 2. The summed E-state index contributed by atoms with van der Waals surface area (Å²) in [5, 5.41) is 20.5. The molecule has 0 aliphatic rings. The van der Waals surface area contributed by atoms with Crippen LogP contribution in [0.4, 0.5) is 5.69 Å². The van der Waals surface area contributed by atoms with Crippen LogP contribution in [0.2, 0.25) is 0 Å². The summed E-state index contributed by atoms with van der Waals surface area (Å²) in [4.78, 5) is 33.8. The van der Waals surface area contributed by atoms with E-state index < -0.39 is 39.5 Å². The molecule has 0 aromatic heterocycles. The first-order valence-corrected chi connectivity index (χ1v) is 10.3. The van der Waals surface area contributed by atoms with Gasteiger partial charge in [-0.15, -0.1) is 0 Å². The van der Waals surface area contributed by atoms with E-state index in [-0.39, 0.29) is 23.6 Å². The Morgan fingerprint density at radius 2 is 1.73 bits per heavy atom. The van der Waals surface area contributed by atoms with E-state index in [0.29, 0.717) is 9.87 Å². The molecule has 2 rings (SSSR count). The maximum Gasteiger partial charge on any atom is 0.322 e. The lowest BCUT2D eigenvalue weighted by atomic mass is 10.1. The summed E-state index contributed by atoms with van der Waals surface area (Å²) in [6, 6.07) is 10.7. The fourth-order valence-corrected chi connectivity index (χ4v) is 4.25. The lowest BCUT2D eigenvalue weighted by Crippen LogP contribution is -2.48. The molecular formula is C19H20N2O8S. The Bertz CT molecular complexity index is 1010. The molecule has 0 aliphatic heterocycles. The van der Waals surface area contributed by atoms with E-state index in [1.807, 2.05) is 0 Å². The van der Waals surface area contributed by atoms with Crippen molar-refractivity contribution in [2.75, 3.05) is 13.2 Å². The van der Waals surface area contributed by atoms with Crippen molar-refractivity contribution >= 4 is 27.6 Å². The first-order chi connectivity index (χ1) is 14.2. The summed E-state index contributed by atoms with van der Waals surface area (Å²) in [5.41, 5.74) is 0.225. The van der Waals surface area contributed by atoms with Crippen LogP contribution < -0.4 is 0 Å². The molecule has 11 heteroatoms. The zero-order chi connectivity index (χ0) is 22.3. The van der Waals surface area contributed by atoms with Gasteiger partial charge >= 0.3 is 11.9 Å². The third-order valence-electron chi connectivity index (χ3n) is 4.15. The van der Waals surface area contributed by atoms with Crippen LogP contribution in [0.3, 0.4) is 0 Å². The van der Waals surface area contributed by atoms with E-state index in [0.717, 1.165) is 24.3 Å². The highest BCUT2D eigenvalue weighted by atomic mass is 32.2. The number of nitrogens with zero attached hydrogens (tertiary/aromatic N) is 2. The van der Waals surface area contributed by atoms with Gasteiger partial charge in [-0.1, -0.05) is 30.3 Å². The van der Waals surface area contributed by atoms with Gasteiger partial charge in [0.1, 0.15) is 12.6 Å². The van der Waals surface area contributed by atoms with Gasteiger partial charge in [-0.05, 0) is 31.0 Å². The molecule has 0 saturated carbocycles. The first-order valence-electron chi connectivity index (χ1n) is 8.85. The monoisotopic (exact) mass is 436 g/mol. The lowest BCUT2D eigenvalue weighted by Gasteiger charge is -2.27. The Labute approximate surface area is 172 Å². The van der Waals surface area contributed by atoms with Gasteiger partial charge in [-0.3, -0.25) is 19.7 Å². The van der Waals surface area contributed by atoms with Crippen molar-refractivity contribution in [2.45, 2.75) is 24.3 Å². The van der Waals surface area contributed by atoms with E-state index in [9.17, 15) is 33.2 Å². The van der Waals surface area contributed by atoms with Crippen LogP contribution in [0.1, 0.15) is 12.5 Å². The van der Waals surface area contributed by atoms with Crippen LogP contribution in [-0.4, -0.2) is 53.9 Å². The molecule has 160 valence electrons. The van der Waals surface area contributed by atoms with E-state index in [1.165, 1.54) is 6.92 Å².